The van der Waals surface area contributed by atoms with Gasteiger partial charge in [0.1, 0.15) is 31.0 Å². The summed E-state index contributed by atoms with van der Waals surface area (Å²) in [5, 5.41) is 12.0. The molecule has 222 valence electrons. The van der Waals surface area contributed by atoms with Gasteiger partial charge in [0.15, 0.2) is 0 Å². The van der Waals surface area contributed by atoms with Gasteiger partial charge in [-0.3, -0.25) is 19.3 Å². The molecule has 3 rings (SSSR count). The number of carboxylic acids is 1. The number of sulfonamides is 1. The van der Waals surface area contributed by atoms with Crippen LogP contribution in [0.2, 0.25) is 0 Å². The number of hydrogen-bond donors (Lipinski definition) is 2. The summed E-state index contributed by atoms with van der Waals surface area (Å²) in [4.78, 5) is 52.4. The monoisotopic (exact) mass is 589 g/mol. The normalized spacial score (nSPS) is 15.7. The minimum atomic E-state index is -4.60. The fourth-order valence-electron chi connectivity index (χ4n) is 4.47. The molecule has 13 heteroatoms. The van der Waals surface area contributed by atoms with E-state index in [1.54, 1.807) is 26.0 Å². The second-order valence-electron chi connectivity index (χ2n) is 10.0. The number of nitrogens with zero attached hydrogens (tertiary/aromatic N) is 2. The molecule has 0 aromatic heterocycles. The SMILES string of the molecule is COc1ccc(S(=O)(=O)N(CC(=O)O)C(=O)[C@H](CC(C)C)NC(=O)[C@@H]2CCCN2C(=O)OCc2ccccc2)cc1. The third-order valence-electron chi connectivity index (χ3n) is 6.49. The highest BCUT2D eigenvalue weighted by Crippen LogP contribution is 2.23. The van der Waals surface area contributed by atoms with Crippen LogP contribution in [0.4, 0.5) is 4.79 Å². The van der Waals surface area contributed by atoms with Crippen molar-refractivity contribution in [1.82, 2.24) is 14.5 Å². The fourth-order valence-corrected chi connectivity index (χ4v) is 5.85. The first kappa shape index (κ1) is 31.4. The predicted molar refractivity (Wildman–Crippen MR) is 147 cm³/mol. The van der Waals surface area contributed by atoms with E-state index in [9.17, 15) is 32.7 Å². The van der Waals surface area contributed by atoms with Crippen molar-refractivity contribution in [3.05, 3.63) is 60.2 Å². The maximum Gasteiger partial charge on any atom is 0.410 e. The number of benzene rings is 2. The molecule has 2 aromatic rings. The van der Waals surface area contributed by atoms with Gasteiger partial charge in [-0.25, -0.2) is 17.5 Å². The molecule has 1 fully saturated rings. The number of nitrogens with one attached hydrogen (secondary N) is 1. The first-order valence-corrected chi connectivity index (χ1v) is 14.6. The molecule has 2 N–H and O–H groups in total. The maximum absolute atomic E-state index is 13.6. The number of aliphatic carboxylic acids is 1. The van der Waals surface area contributed by atoms with Crippen LogP contribution in [0.15, 0.2) is 59.5 Å². The fraction of sp³-hybridized carbons (Fsp3) is 0.429. The van der Waals surface area contributed by atoms with Gasteiger partial charge in [-0.05, 0) is 55.0 Å². The summed E-state index contributed by atoms with van der Waals surface area (Å²) in [7, 11) is -3.20. The van der Waals surface area contributed by atoms with Crippen LogP contribution in [0.1, 0.15) is 38.7 Å². The van der Waals surface area contributed by atoms with Crippen molar-refractivity contribution in [2.45, 2.75) is 56.7 Å². The Kier molecular flexibility index (Phi) is 10.7. The zero-order chi connectivity index (χ0) is 30.2. The molecule has 2 aromatic carbocycles. The van der Waals surface area contributed by atoms with Crippen LogP contribution in [-0.2, 0) is 35.8 Å². The molecule has 0 unspecified atom stereocenters. The minimum Gasteiger partial charge on any atom is -0.497 e. The number of likely N-dealkylation sites (tertiary alicyclic amines) is 1. The summed E-state index contributed by atoms with van der Waals surface area (Å²) in [6.45, 7) is 2.69. The zero-order valence-electron chi connectivity index (χ0n) is 23.2. The van der Waals surface area contributed by atoms with Gasteiger partial charge in [0.05, 0.1) is 12.0 Å². The average Bonchev–Trinajstić information content (AvgIpc) is 3.44. The number of rotatable bonds is 12. The largest absolute Gasteiger partial charge is 0.497 e. The number of methoxy groups -OCH3 is 1. The van der Waals surface area contributed by atoms with Gasteiger partial charge in [-0.1, -0.05) is 44.2 Å². The van der Waals surface area contributed by atoms with E-state index >= 15 is 0 Å². The molecular formula is C28H35N3O9S. The standard InChI is InChI=1S/C28H35N3O9S/c1-19(2)16-23(27(35)31(17-25(32)33)41(37,38)22-13-11-21(39-3)12-14-22)29-26(34)24-10-7-15-30(24)28(36)40-18-20-8-5-4-6-9-20/h4-6,8-9,11-14,19,23-24H,7,10,15-18H2,1-3H3,(H,29,34)(H,32,33)/t23-,24-/m0/s1. The van der Waals surface area contributed by atoms with Crippen LogP contribution in [0, 0.1) is 5.92 Å². The van der Waals surface area contributed by atoms with Gasteiger partial charge in [-0.15, -0.1) is 0 Å². The van der Waals surface area contributed by atoms with Crippen molar-refractivity contribution in [3.63, 3.8) is 0 Å². The molecule has 3 amide bonds. The van der Waals surface area contributed by atoms with Gasteiger partial charge in [0.25, 0.3) is 15.9 Å². The number of carbonyl (C=O) groups excluding carboxylic acids is 3. The van der Waals surface area contributed by atoms with E-state index in [-0.39, 0.29) is 34.7 Å². The van der Waals surface area contributed by atoms with Crippen LogP contribution in [0.3, 0.4) is 0 Å². The minimum absolute atomic E-state index is 0.0202. The Morgan fingerprint density at radius 2 is 1.73 bits per heavy atom. The van der Waals surface area contributed by atoms with Crippen molar-refractivity contribution in [1.29, 1.82) is 0 Å². The average molecular weight is 590 g/mol. The highest BCUT2D eigenvalue weighted by molar-refractivity contribution is 7.89. The van der Waals surface area contributed by atoms with Gasteiger partial charge in [0.2, 0.25) is 5.91 Å². The van der Waals surface area contributed by atoms with E-state index in [1.807, 2.05) is 18.2 Å². The van der Waals surface area contributed by atoms with E-state index in [0.29, 0.717) is 18.6 Å². The molecule has 1 heterocycles. The molecule has 1 saturated heterocycles. The smallest absolute Gasteiger partial charge is 0.410 e. The second kappa shape index (κ2) is 14.0. The number of hydrogen-bond acceptors (Lipinski definition) is 8. The summed E-state index contributed by atoms with van der Waals surface area (Å²) in [6.07, 6.45) is 0.188. The molecule has 1 aliphatic rings. The first-order valence-electron chi connectivity index (χ1n) is 13.1. The Bertz CT molecular complexity index is 1330. The summed E-state index contributed by atoms with van der Waals surface area (Å²) in [5.74, 6) is -3.10. The third-order valence-corrected chi connectivity index (χ3v) is 8.25. The molecule has 0 radical (unpaired) electrons. The third kappa shape index (κ3) is 8.19. The molecule has 0 spiro atoms. The summed E-state index contributed by atoms with van der Waals surface area (Å²) >= 11 is 0. The van der Waals surface area contributed by atoms with E-state index in [2.05, 4.69) is 5.32 Å². The van der Waals surface area contributed by atoms with Gasteiger partial charge in [0, 0.05) is 6.54 Å². The maximum atomic E-state index is 13.6. The van der Waals surface area contributed by atoms with Crippen LogP contribution in [0.5, 0.6) is 5.75 Å². The zero-order valence-corrected chi connectivity index (χ0v) is 24.0. The lowest BCUT2D eigenvalue weighted by Gasteiger charge is -2.29. The second-order valence-corrected chi connectivity index (χ2v) is 11.9. The summed E-state index contributed by atoms with van der Waals surface area (Å²) < 4.78 is 37.5. The van der Waals surface area contributed by atoms with Crippen molar-refractivity contribution in [3.8, 4) is 5.75 Å². The van der Waals surface area contributed by atoms with Gasteiger partial charge in [-0.2, -0.15) is 0 Å². The van der Waals surface area contributed by atoms with Gasteiger partial charge >= 0.3 is 12.1 Å². The highest BCUT2D eigenvalue weighted by atomic mass is 32.2. The Morgan fingerprint density at radius 3 is 2.32 bits per heavy atom. The summed E-state index contributed by atoms with van der Waals surface area (Å²) in [6, 6.07) is 11.9. The number of ether oxygens (including phenoxy) is 2. The van der Waals surface area contributed by atoms with Crippen LogP contribution in [-0.4, -0.2) is 78.9 Å². The Hall–Kier alpha value is -4.13. The lowest BCUT2D eigenvalue weighted by molar-refractivity contribution is -0.142. The molecule has 41 heavy (non-hydrogen) atoms. The van der Waals surface area contributed by atoms with Crippen molar-refractivity contribution in [2.75, 3.05) is 20.2 Å². The number of amides is 3. The van der Waals surface area contributed by atoms with Crippen LogP contribution < -0.4 is 10.1 Å². The van der Waals surface area contributed by atoms with Crippen molar-refractivity contribution in [2.24, 2.45) is 5.92 Å². The quantitative estimate of drug-likeness (QED) is 0.379. The number of carbonyl (C=O) groups is 4. The van der Waals surface area contributed by atoms with Crippen molar-refractivity contribution < 1.29 is 42.2 Å². The van der Waals surface area contributed by atoms with Crippen LogP contribution >= 0.6 is 0 Å². The van der Waals surface area contributed by atoms with Crippen molar-refractivity contribution >= 4 is 33.9 Å². The van der Waals surface area contributed by atoms with Gasteiger partial charge < -0.3 is 19.9 Å². The molecule has 2 atom stereocenters. The molecule has 0 aliphatic carbocycles. The highest BCUT2D eigenvalue weighted by Gasteiger charge is 2.40. The topological polar surface area (TPSA) is 160 Å². The van der Waals surface area contributed by atoms with E-state index in [0.717, 1.165) is 5.56 Å². The van der Waals surface area contributed by atoms with Crippen LogP contribution in [0.25, 0.3) is 0 Å². The van der Waals surface area contributed by atoms with E-state index in [1.165, 1.54) is 36.3 Å². The summed E-state index contributed by atoms with van der Waals surface area (Å²) in [5.41, 5.74) is 0.778. The van der Waals surface area contributed by atoms with E-state index < -0.39 is 52.5 Å². The molecular weight excluding hydrogens is 554 g/mol. The molecule has 0 bridgehead atoms. The lowest BCUT2D eigenvalue weighted by Crippen LogP contribution is -2.55. The van der Waals surface area contributed by atoms with E-state index in [4.69, 9.17) is 9.47 Å². The molecule has 12 nitrogen and oxygen atoms in total. The first-order chi connectivity index (χ1) is 19.4. The predicted octanol–water partition coefficient (Wildman–Crippen LogP) is 2.63. The Balaban J connectivity index is 1.80. The molecule has 0 saturated carbocycles. The Morgan fingerprint density at radius 1 is 1.07 bits per heavy atom. The number of carboxylic acid groups (broad SMARTS) is 1. The lowest BCUT2D eigenvalue weighted by atomic mass is 10.0. The Labute approximate surface area is 239 Å². The molecule has 1 aliphatic heterocycles.